The average molecular weight is 258 g/mol. The SMILES string of the molecule is COC1CN(c2nc(Cl)ccc2N)CC1OC. The lowest BCUT2D eigenvalue weighted by molar-refractivity contribution is -0.00461. The summed E-state index contributed by atoms with van der Waals surface area (Å²) in [7, 11) is 3.35. The smallest absolute Gasteiger partial charge is 0.153 e. The van der Waals surface area contributed by atoms with E-state index in [2.05, 4.69) is 4.98 Å². The number of nitrogens with zero attached hydrogens (tertiary/aromatic N) is 2. The van der Waals surface area contributed by atoms with E-state index in [1.165, 1.54) is 0 Å². The molecule has 0 saturated carbocycles. The first-order valence-corrected chi connectivity index (χ1v) is 5.76. The van der Waals surface area contributed by atoms with Crippen molar-refractivity contribution >= 4 is 23.1 Å². The van der Waals surface area contributed by atoms with Crippen molar-refractivity contribution in [1.29, 1.82) is 0 Å². The molecule has 2 rings (SSSR count). The molecule has 1 fully saturated rings. The summed E-state index contributed by atoms with van der Waals surface area (Å²) in [6.45, 7) is 1.40. The lowest BCUT2D eigenvalue weighted by Crippen LogP contribution is -2.27. The number of hydrogen-bond donors (Lipinski definition) is 1. The maximum atomic E-state index is 5.90. The number of pyridine rings is 1. The van der Waals surface area contributed by atoms with Crippen molar-refractivity contribution in [2.24, 2.45) is 0 Å². The number of nitrogens with two attached hydrogens (primary N) is 1. The molecule has 2 heterocycles. The third kappa shape index (κ3) is 2.46. The van der Waals surface area contributed by atoms with Crippen molar-refractivity contribution in [2.75, 3.05) is 37.9 Å². The zero-order chi connectivity index (χ0) is 12.4. The van der Waals surface area contributed by atoms with Gasteiger partial charge in [-0.2, -0.15) is 0 Å². The molecule has 0 radical (unpaired) electrons. The Labute approximate surface area is 105 Å². The monoisotopic (exact) mass is 257 g/mol. The van der Waals surface area contributed by atoms with Gasteiger partial charge in [0.25, 0.3) is 0 Å². The van der Waals surface area contributed by atoms with Crippen LogP contribution in [0.3, 0.4) is 0 Å². The van der Waals surface area contributed by atoms with Gasteiger partial charge in [-0.1, -0.05) is 11.6 Å². The summed E-state index contributed by atoms with van der Waals surface area (Å²) in [6, 6.07) is 3.44. The fourth-order valence-corrected chi connectivity index (χ4v) is 2.20. The van der Waals surface area contributed by atoms with E-state index < -0.39 is 0 Å². The van der Waals surface area contributed by atoms with Crippen LogP contribution in [0.4, 0.5) is 11.5 Å². The molecule has 1 aliphatic rings. The molecule has 2 unspecified atom stereocenters. The molecule has 0 amide bonds. The average Bonchev–Trinajstić information content (AvgIpc) is 2.75. The quantitative estimate of drug-likeness (QED) is 0.824. The molecule has 1 aromatic heterocycles. The van der Waals surface area contributed by atoms with Gasteiger partial charge in [-0.25, -0.2) is 4.98 Å². The first kappa shape index (κ1) is 12.4. The second-order valence-electron chi connectivity index (χ2n) is 4.00. The van der Waals surface area contributed by atoms with Crippen LogP contribution in [0.1, 0.15) is 0 Å². The summed E-state index contributed by atoms with van der Waals surface area (Å²) < 4.78 is 10.7. The number of methoxy groups -OCH3 is 2. The molecule has 1 aromatic rings. The minimum absolute atomic E-state index is 0.0279. The topological polar surface area (TPSA) is 60.6 Å². The van der Waals surface area contributed by atoms with Gasteiger partial charge in [-0.3, -0.25) is 0 Å². The van der Waals surface area contributed by atoms with Crippen LogP contribution in [0.15, 0.2) is 12.1 Å². The summed E-state index contributed by atoms with van der Waals surface area (Å²) in [5, 5.41) is 0.434. The number of aromatic nitrogens is 1. The number of nitrogen functional groups attached to an aromatic ring is 1. The van der Waals surface area contributed by atoms with Crippen LogP contribution in [0.2, 0.25) is 5.15 Å². The van der Waals surface area contributed by atoms with Gasteiger partial charge < -0.3 is 20.1 Å². The molecular weight excluding hydrogens is 242 g/mol. The fourth-order valence-electron chi connectivity index (χ4n) is 2.06. The van der Waals surface area contributed by atoms with Crippen LogP contribution in [0, 0.1) is 0 Å². The summed E-state index contributed by atoms with van der Waals surface area (Å²) in [6.07, 6.45) is 0.0559. The molecule has 5 nitrogen and oxygen atoms in total. The highest BCUT2D eigenvalue weighted by molar-refractivity contribution is 6.29. The molecule has 6 heteroatoms. The third-order valence-electron chi connectivity index (χ3n) is 2.99. The van der Waals surface area contributed by atoms with E-state index >= 15 is 0 Å². The summed E-state index contributed by atoms with van der Waals surface area (Å²) >= 11 is 5.88. The predicted molar refractivity (Wildman–Crippen MR) is 67.5 cm³/mol. The highest BCUT2D eigenvalue weighted by atomic mass is 35.5. The van der Waals surface area contributed by atoms with Crippen LogP contribution in [-0.4, -0.2) is 44.5 Å². The van der Waals surface area contributed by atoms with Gasteiger partial charge in [0, 0.05) is 27.3 Å². The third-order valence-corrected chi connectivity index (χ3v) is 3.20. The van der Waals surface area contributed by atoms with Gasteiger partial charge in [0.1, 0.15) is 17.4 Å². The van der Waals surface area contributed by atoms with Crippen LogP contribution in [-0.2, 0) is 9.47 Å². The number of halogens is 1. The minimum atomic E-state index is 0.0279. The van der Waals surface area contributed by atoms with Crippen molar-refractivity contribution < 1.29 is 9.47 Å². The molecule has 0 bridgehead atoms. The van der Waals surface area contributed by atoms with Crippen LogP contribution >= 0.6 is 11.6 Å². The molecule has 0 aromatic carbocycles. The minimum Gasteiger partial charge on any atom is -0.396 e. The van der Waals surface area contributed by atoms with Crippen molar-refractivity contribution in [2.45, 2.75) is 12.2 Å². The van der Waals surface area contributed by atoms with Crippen molar-refractivity contribution in [1.82, 2.24) is 4.98 Å². The molecule has 17 heavy (non-hydrogen) atoms. The normalized spacial score (nSPS) is 24.3. The van der Waals surface area contributed by atoms with Crippen molar-refractivity contribution in [3.8, 4) is 0 Å². The van der Waals surface area contributed by atoms with Crippen LogP contribution < -0.4 is 10.6 Å². The Morgan fingerprint density at radius 1 is 1.29 bits per heavy atom. The Hall–Kier alpha value is -1.04. The standard InChI is InChI=1S/C11H16ClN3O2/c1-16-8-5-15(6-9(8)17-2)11-7(13)3-4-10(12)14-11/h3-4,8-9H,5-6,13H2,1-2H3. The van der Waals surface area contributed by atoms with Crippen molar-refractivity contribution in [3.63, 3.8) is 0 Å². The number of anilines is 2. The summed E-state index contributed by atoms with van der Waals surface area (Å²) in [4.78, 5) is 6.28. The predicted octanol–water partition coefficient (Wildman–Crippen LogP) is 1.17. The van der Waals surface area contributed by atoms with Gasteiger partial charge in [-0.05, 0) is 12.1 Å². The zero-order valence-corrected chi connectivity index (χ0v) is 10.6. The van der Waals surface area contributed by atoms with E-state index in [1.54, 1.807) is 26.4 Å². The highest BCUT2D eigenvalue weighted by Crippen LogP contribution is 2.27. The van der Waals surface area contributed by atoms with Gasteiger partial charge in [0.15, 0.2) is 5.82 Å². The lowest BCUT2D eigenvalue weighted by Gasteiger charge is -2.18. The molecule has 94 valence electrons. The Morgan fingerprint density at radius 2 is 1.88 bits per heavy atom. The largest absolute Gasteiger partial charge is 0.396 e. The molecule has 0 aliphatic carbocycles. The second-order valence-corrected chi connectivity index (χ2v) is 4.39. The molecular formula is C11H16ClN3O2. The first-order chi connectivity index (χ1) is 8.15. The Kier molecular flexibility index (Phi) is 3.71. The van der Waals surface area contributed by atoms with Gasteiger partial charge in [-0.15, -0.1) is 0 Å². The number of ether oxygens (including phenoxy) is 2. The Morgan fingerprint density at radius 3 is 2.41 bits per heavy atom. The zero-order valence-electron chi connectivity index (χ0n) is 9.89. The molecule has 0 spiro atoms. The van der Waals surface area contributed by atoms with Gasteiger partial charge in [0.05, 0.1) is 5.69 Å². The van der Waals surface area contributed by atoms with E-state index in [0.29, 0.717) is 29.7 Å². The number of rotatable bonds is 3. The second kappa shape index (κ2) is 5.08. The van der Waals surface area contributed by atoms with E-state index in [9.17, 15) is 0 Å². The summed E-state index contributed by atoms with van der Waals surface area (Å²) in [5.41, 5.74) is 6.51. The first-order valence-electron chi connectivity index (χ1n) is 5.38. The highest BCUT2D eigenvalue weighted by Gasteiger charge is 2.34. The Bertz CT molecular complexity index is 390. The van der Waals surface area contributed by atoms with Gasteiger partial charge in [0.2, 0.25) is 0 Å². The van der Waals surface area contributed by atoms with Crippen LogP contribution in [0.5, 0.6) is 0 Å². The van der Waals surface area contributed by atoms with E-state index in [0.717, 1.165) is 0 Å². The van der Waals surface area contributed by atoms with E-state index in [1.807, 2.05) is 4.90 Å². The van der Waals surface area contributed by atoms with E-state index in [-0.39, 0.29) is 12.2 Å². The molecule has 2 N–H and O–H groups in total. The molecule has 1 saturated heterocycles. The van der Waals surface area contributed by atoms with Crippen LogP contribution in [0.25, 0.3) is 0 Å². The Balaban J connectivity index is 2.21. The maximum absolute atomic E-state index is 5.90. The maximum Gasteiger partial charge on any atom is 0.153 e. The van der Waals surface area contributed by atoms with Gasteiger partial charge >= 0.3 is 0 Å². The van der Waals surface area contributed by atoms with E-state index in [4.69, 9.17) is 26.8 Å². The van der Waals surface area contributed by atoms with Crippen molar-refractivity contribution in [3.05, 3.63) is 17.3 Å². The number of hydrogen-bond acceptors (Lipinski definition) is 5. The molecule has 2 atom stereocenters. The lowest BCUT2D eigenvalue weighted by atomic mass is 10.3. The molecule has 1 aliphatic heterocycles. The fraction of sp³-hybridized carbons (Fsp3) is 0.545. The summed E-state index contributed by atoms with van der Waals surface area (Å²) in [5.74, 6) is 0.694.